The average Bonchev–Trinajstić information content (AvgIpc) is 2.96. The highest BCUT2D eigenvalue weighted by molar-refractivity contribution is 5.90. The lowest BCUT2D eigenvalue weighted by Gasteiger charge is -2.29. The molecule has 9 heteroatoms. The van der Waals surface area contributed by atoms with Crippen molar-refractivity contribution in [3.63, 3.8) is 0 Å². The Balaban J connectivity index is 1.74. The summed E-state index contributed by atoms with van der Waals surface area (Å²) in [6.45, 7) is 2.01. The Kier molecular flexibility index (Phi) is 6.47. The molecule has 0 saturated heterocycles. The number of rotatable bonds is 7. The maximum Gasteiger partial charge on any atom is 0.275 e. The summed E-state index contributed by atoms with van der Waals surface area (Å²) in [5.74, 6) is -2.08. The van der Waals surface area contributed by atoms with Crippen LogP contribution in [0.4, 0.5) is 20.5 Å². The van der Waals surface area contributed by atoms with Crippen molar-refractivity contribution in [2.24, 2.45) is 11.1 Å². The van der Waals surface area contributed by atoms with Crippen LogP contribution in [0.15, 0.2) is 42.5 Å². The van der Waals surface area contributed by atoms with E-state index in [2.05, 4.69) is 15.3 Å². The molecule has 3 aromatic rings. The Labute approximate surface area is 191 Å². The SMILES string of the molecule is Cc1ccc2nc(N3CCC(F)(F)c4ccccc4C3)nc(NCC(CN)(CO)CO)c2c1. The second-order valence-corrected chi connectivity index (χ2v) is 8.80. The van der Waals surface area contributed by atoms with Gasteiger partial charge in [-0.3, -0.25) is 0 Å². The van der Waals surface area contributed by atoms with E-state index in [1.807, 2.05) is 25.1 Å². The molecule has 0 fully saturated rings. The highest BCUT2D eigenvalue weighted by atomic mass is 19.3. The van der Waals surface area contributed by atoms with Gasteiger partial charge < -0.3 is 26.2 Å². The molecule has 1 aromatic heterocycles. The topological polar surface area (TPSA) is 108 Å². The summed E-state index contributed by atoms with van der Waals surface area (Å²) < 4.78 is 29.5. The summed E-state index contributed by atoms with van der Waals surface area (Å²) in [7, 11) is 0. The van der Waals surface area contributed by atoms with Crippen molar-refractivity contribution in [3.05, 3.63) is 59.2 Å². The van der Waals surface area contributed by atoms with Gasteiger partial charge >= 0.3 is 0 Å². The normalized spacial score (nSPS) is 15.9. The third kappa shape index (κ3) is 4.62. The number of aryl methyl sites for hydroxylation is 1. The first kappa shape index (κ1) is 23.3. The van der Waals surface area contributed by atoms with Crippen molar-refractivity contribution >= 4 is 22.7 Å². The van der Waals surface area contributed by atoms with Crippen LogP contribution in [0.2, 0.25) is 0 Å². The van der Waals surface area contributed by atoms with Crippen molar-refractivity contribution in [1.82, 2.24) is 9.97 Å². The Hall–Kier alpha value is -2.88. The lowest BCUT2D eigenvalue weighted by Crippen LogP contribution is -2.43. The monoisotopic (exact) mass is 457 g/mol. The van der Waals surface area contributed by atoms with Crippen molar-refractivity contribution in [1.29, 1.82) is 0 Å². The number of alkyl halides is 2. The molecule has 0 amide bonds. The molecule has 0 unspecified atom stereocenters. The zero-order valence-electron chi connectivity index (χ0n) is 18.6. The van der Waals surface area contributed by atoms with E-state index in [1.54, 1.807) is 23.1 Å². The van der Waals surface area contributed by atoms with Gasteiger partial charge in [0.25, 0.3) is 5.92 Å². The molecular formula is C24H29F2N5O2. The van der Waals surface area contributed by atoms with Gasteiger partial charge in [0.05, 0.1) is 18.7 Å². The maximum atomic E-state index is 14.8. The van der Waals surface area contributed by atoms with Crippen LogP contribution in [-0.2, 0) is 12.5 Å². The van der Waals surface area contributed by atoms with Crippen LogP contribution < -0.4 is 16.0 Å². The summed E-state index contributed by atoms with van der Waals surface area (Å²) in [6.07, 6.45) is -0.340. The smallest absolute Gasteiger partial charge is 0.275 e. The fourth-order valence-electron chi connectivity index (χ4n) is 4.02. The lowest BCUT2D eigenvalue weighted by molar-refractivity contribution is -0.00969. The molecule has 0 aliphatic carbocycles. The number of aliphatic hydroxyl groups excluding tert-OH is 2. The van der Waals surface area contributed by atoms with Crippen LogP contribution in [0.25, 0.3) is 10.9 Å². The summed E-state index contributed by atoms with van der Waals surface area (Å²) in [5.41, 5.74) is 7.15. The van der Waals surface area contributed by atoms with E-state index in [1.165, 1.54) is 6.07 Å². The molecular weight excluding hydrogens is 428 g/mol. The molecule has 1 aliphatic heterocycles. The molecule has 0 atom stereocenters. The van der Waals surface area contributed by atoms with E-state index in [4.69, 9.17) is 5.73 Å². The lowest BCUT2D eigenvalue weighted by atomic mass is 9.90. The second kappa shape index (κ2) is 9.17. The van der Waals surface area contributed by atoms with Crippen molar-refractivity contribution in [2.75, 3.05) is 43.1 Å². The van der Waals surface area contributed by atoms with Crippen molar-refractivity contribution in [2.45, 2.75) is 25.8 Å². The highest BCUT2D eigenvalue weighted by Gasteiger charge is 2.37. The van der Waals surface area contributed by atoms with E-state index in [0.717, 1.165) is 10.9 Å². The molecule has 0 bridgehead atoms. The van der Waals surface area contributed by atoms with E-state index in [-0.39, 0.29) is 51.4 Å². The number of benzene rings is 2. The minimum absolute atomic E-state index is 0.0425. The molecule has 2 heterocycles. The Morgan fingerprint density at radius 1 is 1.15 bits per heavy atom. The molecule has 4 rings (SSSR count). The third-order valence-corrected chi connectivity index (χ3v) is 6.33. The van der Waals surface area contributed by atoms with E-state index in [0.29, 0.717) is 22.8 Å². The number of nitrogens with two attached hydrogens (primary N) is 1. The number of nitrogens with one attached hydrogen (secondary N) is 1. The minimum atomic E-state index is -2.93. The number of aliphatic hydroxyl groups is 2. The van der Waals surface area contributed by atoms with Gasteiger partial charge in [0.2, 0.25) is 5.95 Å². The van der Waals surface area contributed by atoms with Gasteiger partial charge in [0.15, 0.2) is 0 Å². The number of anilines is 2. The first-order chi connectivity index (χ1) is 15.8. The number of hydrogen-bond acceptors (Lipinski definition) is 7. The predicted molar refractivity (Wildman–Crippen MR) is 124 cm³/mol. The van der Waals surface area contributed by atoms with Gasteiger partial charge in [0.1, 0.15) is 5.82 Å². The number of halogens is 2. The molecule has 1 aliphatic rings. The quantitative estimate of drug-likeness (QED) is 0.432. The van der Waals surface area contributed by atoms with Gasteiger partial charge in [-0.2, -0.15) is 4.98 Å². The number of fused-ring (bicyclic) bond motifs is 2. The van der Waals surface area contributed by atoms with Gasteiger partial charge in [-0.1, -0.05) is 35.9 Å². The summed E-state index contributed by atoms with van der Waals surface area (Å²) in [5, 5.41) is 23.5. The van der Waals surface area contributed by atoms with Gasteiger partial charge in [-0.15, -0.1) is 0 Å². The number of aromatic nitrogens is 2. The summed E-state index contributed by atoms with van der Waals surface area (Å²) in [4.78, 5) is 11.1. The molecule has 5 N–H and O–H groups in total. The second-order valence-electron chi connectivity index (χ2n) is 8.80. The molecule has 0 radical (unpaired) electrons. The standard InChI is InChI=1S/C24H29F2N5O2/c1-16-6-7-20-18(10-16)21(28-13-23(12-27,14-32)15-33)30-22(29-20)31-9-8-24(25,26)19-5-3-2-4-17(19)11-31/h2-7,10,32-33H,8-9,11-15,27H2,1H3,(H,28,29,30). The number of hydrogen-bond donors (Lipinski definition) is 4. The minimum Gasteiger partial charge on any atom is -0.396 e. The van der Waals surface area contributed by atoms with Crippen molar-refractivity contribution < 1.29 is 19.0 Å². The predicted octanol–water partition coefficient (Wildman–Crippen LogP) is 2.78. The van der Waals surface area contributed by atoms with Crippen LogP contribution in [0, 0.1) is 12.3 Å². The molecule has 176 valence electrons. The van der Waals surface area contributed by atoms with E-state index < -0.39 is 11.3 Å². The van der Waals surface area contributed by atoms with E-state index >= 15 is 0 Å². The first-order valence-electron chi connectivity index (χ1n) is 11.0. The zero-order chi connectivity index (χ0) is 23.6. The third-order valence-electron chi connectivity index (χ3n) is 6.33. The maximum absolute atomic E-state index is 14.8. The molecule has 7 nitrogen and oxygen atoms in total. The van der Waals surface area contributed by atoms with Crippen LogP contribution in [0.3, 0.4) is 0 Å². The van der Waals surface area contributed by atoms with Crippen LogP contribution in [-0.4, -0.2) is 53.0 Å². The van der Waals surface area contributed by atoms with Crippen LogP contribution in [0.5, 0.6) is 0 Å². The first-order valence-corrected chi connectivity index (χ1v) is 11.0. The molecule has 0 saturated carbocycles. The van der Waals surface area contributed by atoms with E-state index in [9.17, 15) is 19.0 Å². The number of nitrogens with zero attached hydrogens (tertiary/aromatic N) is 3. The van der Waals surface area contributed by atoms with Crippen molar-refractivity contribution in [3.8, 4) is 0 Å². The zero-order valence-corrected chi connectivity index (χ0v) is 18.6. The summed E-state index contributed by atoms with van der Waals surface area (Å²) in [6, 6.07) is 12.3. The van der Waals surface area contributed by atoms with Gasteiger partial charge in [-0.05, 0) is 24.6 Å². The van der Waals surface area contributed by atoms with Crippen LogP contribution in [0.1, 0.15) is 23.1 Å². The Bertz CT molecular complexity index is 1130. The fourth-order valence-corrected chi connectivity index (χ4v) is 4.02. The fraction of sp³-hybridized carbons (Fsp3) is 0.417. The Morgan fingerprint density at radius 3 is 2.64 bits per heavy atom. The molecule has 0 spiro atoms. The van der Waals surface area contributed by atoms with Gasteiger partial charge in [-0.25, -0.2) is 13.8 Å². The molecule has 33 heavy (non-hydrogen) atoms. The average molecular weight is 458 g/mol. The van der Waals surface area contributed by atoms with Crippen LogP contribution >= 0.6 is 0 Å². The van der Waals surface area contributed by atoms with Gasteiger partial charge in [0, 0.05) is 49.0 Å². The highest BCUT2D eigenvalue weighted by Crippen LogP contribution is 2.38. The Morgan fingerprint density at radius 2 is 1.91 bits per heavy atom. The molecule has 2 aromatic carbocycles. The largest absolute Gasteiger partial charge is 0.396 e. The summed E-state index contributed by atoms with van der Waals surface area (Å²) >= 11 is 0.